The number of hydrogen-bond acceptors (Lipinski definition) is 4. The molecule has 0 radical (unpaired) electrons. The largest absolute Gasteiger partial charge is 0.467 e. The average molecular weight is 371 g/mol. The Hall–Kier alpha value is -2.63. The first-order chi connectivity index (χ1) is 12.2. The number of carbonyl (C=O) groups excluding carboxylic acids is 1. The number of benzene rings is 2. The van der Waals surface area contributed by atoms with E-state index in [9.17, 15) is 4.79 Å². The van der Waals surface area contributed by atoms with Crippen molar-refractivity contribution in [2.75, 3.05) is 13.8 Å². The molecular weight excluding hydrogens is 352 g/mol. The van der Waals surface area contributed by atoms with Gasteiger partial charge in [-0.2, -0.15) is 0 Å². The topological polar surface area (TPSA) is 51.7 Å². The highest BCUT2D eigenvalue weighted by Gasteiger charge is 2.30. The van der Waals surface area contributed by atoms with E-state index >= 15 is 0 Å². The van der Waals surface area contributed by atoms with Gasteiger partial charge in [-0.15, -0.1) is 12.4 Å². The third-order valence-corrected chi connectivity index (χ3v) is 4.39. The molecule has 2 heterocycles. The van der Waals surface area contributed by atoms with Crippen LogP contribution < -0.4 is 4.74 Å². The fourth-order valence-corrected chi connectivity index (χ4v) is 3.13. The zero-order valence-corrected chi connectivity index (χ0v) is 15.1. The highest BCUT2D eigenvalue weighted by Crippen LogP contribution is 2.33. The minimum absolute atomic E-state index is 0. The Balaban J connectivity index is 0.00000196. The molecule has 2 aromatic carbocycles. The van der Waals surface area contributed by atoms with Gasteiger partial charge in [0.05, 0.1) is 5.52 Å². The van der Waals surface area contributed by atoms with Crippen molar-refractivity contribution < 1.29 is 14.3 Å². The summed E-state index contributed by atoms with van der Waals surface area (Å²) < 4.78 is 11.0. The first kappa shape index (κ1) is 18.2. The molecule has 3 aromatic rings. The van der Waals surface area contributed by atoms with E-state index in [0.29, 0.717) is 12.3 Å². The SMILES string of the molecule is CN(Cc1cccc2ncccc12)C(=O)C1OCOc2ccccc21.Cl. The second kappa shape index (κ2) is 7.72. The van der Waals surface area contributed by atoms with Gasteiger partial charge in [-0.25, -0.2) is 0 Å². The molecule has 4 rings (SSSR count). The first-order valence-corrected chi connectivity index (χ1v) is 8.15. The van der Waals surface area contributed by atoms with Crippen molar-refractivity contribution >= 4 is 29.2 Å². The van der Waals surface area contributed by atoms with Crippen molar-refractivity contribution in [1.29, 1.82) is 0 Å². The van der Waals surface area contributed by atoms with Gasteiger partial charge in [0.15, 0.2) is 12.9 Å². The van der Waals surface area contributed by atoms with Gasteiger partial charge in [0, 0.05) is 30.7 Å². The van der Waals surface area contributed by atoms with Crippen LogP contribution in [0.2, 0.25) is 0 Å². The Bertz CT molecular complexity index is 926. The number of amides is 1. The molecule has 5 nitrogen and oxygen atoms in total. The van der Waals surface area contributed by atoms with E-state index in [1.807, 2.05) is 54.6 Å². The van der Waals surface area contributed by atoms with Crippen LogP contribution in [0.3, 0.4) is 0 Å². The summed E-state index contributed by atoms with van der Waals surface area (Å²) in [6.45, 7) is 0.574. The van der Waals surface area contributed by atoms with E-state index in [1.165, 1.54) is 0 Å². The maximum atomic E-state index is 12.9. The number of para-hydroxylation sites is 1. The van der Waals surface area contributed by atoms with E-state index in [1.54, 1.807) is 18.1 Å². The summed E-state index contributed by atoms with van der Waals surface area (Å²) in [5, 5.41) is 1.05. The number of likely N-dealkylation sites (N-methyl/N-ethyl adjacent to an activating group) is 1. The smallest absolute Gasteiger partial charge is 0.256 e. The van der Waals surface area contributed by atoms with Crippen molar-refractivity contribution in [2.45, 2.75) is 12.6 Å². The van der Waals surface area contributed by atoms with Gasteiger partial charge in [0.25, 0.3) is 5.91 Å². The molecule has 1 amide bonds. The Morgan fingerprint density at radius 3 is 2.88 bits per heavy atom. The Morgan fingerprint density at radius 1 is 1.15 bits per heavy atom. The van der Waals surface area contributed by atoms with Crippen LogP contribution in [-0.2, 0) is 16.1 Å². The minimum Gasteiger partial charge on any atom is -0.467 e. The van der Waals surface area contributed by atoms with Gasteiger partial charge in [-0.1, -0.05) is 36.4 Å². The summed E-state index contributed by atoms with van der Waals surface area (Å²) in [7, 11) is 1.79. The summed E-state index contributed by atoms with van der Waals surface area (Å²) in [6.07, 6.45) is 1.14. The molecule has 6 heteroatoms. The standard InChI is InChI=1S/C20H18N2O3.ClH/c1-22(12-14-6-4-9-17-15(14)8-5-11-21-17)20(23)19-16-7-2-3-10-18(16)24-13-25-19;/h2-11,19H,12-13H2,1H3;1H. The molecule has 1 aliphatic rings. The molecule has 1 unspecified atom stereocenters. The average Bonchev–Trinajstić information content (AvgIpc) is 2.67. The van der Waals surface area contributed by atoms with Gasteiger partial charge in [-0.05, 0) is 23.8 Å². The summed E-state index contributed by atoms with van der Waals surface area (Å²) in [6, 6.07) is 17.4. The number of carbonyl (C=O) groups is 1. The quantitative estimate of drug-likeness (QED) is 0.705. The van der Waals surface area contributed by atoms with Crippen molar-refractivity contribution in [3.05, 3.63) is 71.9 Å². The lowest BCUT2D eigenvalue weighted by atomic mass is 10.0. The predicted molar refractivity (Wildman–Crippen MR) is 101 cm³/mol. The molecular formula is C20H19ClN2O3. The lowest BCUT2D eigenvalue weighted by Crippen LogP contribution is -2.35. The maximum absolute atomic E-state index is 12.9. The van der Waals surface area contributed by atoms with Crippen LogP contribution in [-0.4, -0.2) is 29.6 Å². The first-order valence-electron chi connectivity index (χ1n) is 8.15. The lowest BCUT2D eigenvalue weighted by Gasteiger charge is -2.29. The summed E-state index contributed by atoms with van der Waals surface area (Å²) in [5.41, 5.74) is 2.75. The molecule has 1 aliphatic heterocycles. The molecule has 0 bridgehead atoms. The second-order valence-electron chi connectivity index (χ2n) is 6.03. The van der Waals surface area contributed by atoms with Gasteiger partial charge in [0.2, 0.25) is 0 Å². The number of nitrogens with zero attached hydrogens (tertiary/aromatic N) is 2. The highest BCUT2D eigenvalue weighted by molar-refractivity contribution is 5.86. The predicted octanol–water partition coefficient (Wildman–Crippen LogP) is 3.72. The molecule has 1 atom stereocenters. The molecule has 0 spiro atoms. The number of rotatable bonds is 3. The normalized spacial score (nSPS) is 15.5. The number of halogens is 1. The van der Waals surface area contributed by atoms with Crippen LogP contribution in [0.15, 0.2) is 60.8 Å². The molecule has 0 fully saturated rings. The van der Waals surface area contributed by atoms with Crippen LogP contribution in [0.25, 0.3) is 10.9 Å². The summed E-state index contributed by atoms with van der Waals surface area (Å²) >= 11 is 0. The van der Waals surface area contributed by atoms with Crippen molar-refractivity contribution in [2.24, 2.45) is 0 Å². The molecule has 0 saturated carbocycles. The van der Waals surface area contributed by atoms with E-state index in [2.05, 4.69) is 4.98 Å². The number of aromatic nitrogens is 1. The van der Waals surface area contributed by atoms with Crippen LogP contribution in [0, 0.1) is 0 Å². The Labute approximate surface area is 158 Å². The number of hydrogen-bond donors (Lipinski definition) is 0. The fourth-order valence-electron chi connectivity index (χ4n) is 3.13. The van der Waals surface area contributed by atoms with Gasteiger partial charge in [-0.3, -0.25) is 9.78 Å². The monoisotopic (exact) mass is 370 g/mol. The van der Waals surface area contributed by atoms with Gasteiger partial charge < -0.3 is 14.4 Å². The summed E-state index contributed by atoms with van der Waals surface area (Å²) in [5.74, 6) is 0.617. The fraction of sp³-hybridized carbons (Fsp3) is 0.200. The number of fused-ring (bicyclic) bond motifs is 2. The highest BCUT2D eigenvalue weighted by atomic mass is 35.5. The molecule has 26 heavy (non-hydrogen) atoms. The van der Waals surface area contributed by atoms with Crippen LogP contribution >= 0.6 is 12.4 Å². The molecule has 0 aliphatic carbocycles. The lowest BCUT2D eigenvalue weighted by molar-refractivity contribution is -0.152. The van der Waals surface area contributed by atoms with Crippen LogP contribution in [0.5, 0.6) is 5.75 Å². The maximum Gasteiger partial charge on any atom is 0.256 e. The zero-order valence-electron chi connectivity index (χ0n) is 14.3. The third kappa shape index (κ3) is 3.36. The van der Waals surface area contributed by atoms with Crippen molar-refractivity contribution in [3.63, 3.8) is 0 Å². The number of pyridine rings is 1. The minimum atomic E-state index is -0.636. The van der Waals surface area contributed by atoms with E-state index in [4.69, 9.17) is 9.47 Å². The third-order valence-electron chi connectivity index (χ3n) is 4.39. The zero-order chi connectivity index (χ0) is 17.2. The summed E-state index contributed by atoms with van der Waals surface area (Å²) in [4.78, 5) is 19.0. The van der Waals surface area contributed by atoms with Crippen LogP contribution in [0.4, 0.5) is 0 Å². The van der Waals surface area contributed by atoms with E-state index in [-0.39, 0.29) is 25.1 Å². The molecule has 1 aromatic heterocycles. The molecule has 0 saturated heterocycles. The Kier molecular flexibility index (Phi) is 5.40. The van der Waals surface area contributed by atoms with Gasteiger partial charge in [0.1, 0.15) is 5.75 Å². The molecule has 134 valence electrons. The van der Waals surface area contributed by atoms with Crippen molar-refractivity contribution in [1.82, 2.24) is 9.88 Å². The van der Waals surface area contributed by atoms with E-state index in [0.717, 1.165) is 22.0 Å². The van der Waals surface area contributed by atoms with E-state index < -0.39 is 6.10 Å². The van der Waals surface area contributed by atoms with Crippen LogP contribution in [0.1, 0.15) is 17.2 Å². The number of ether oxygens (including phenoxy) is 2. The Morgan fingerprint density at radius 2 is 2.00 bits per heavy atom. The van der Waals surface area contributed by atoms with Gasteiger partial charge >= 0.3 is 0 Å². The van der Waals surface area contributed by atoms with Crippen molar-refractivity contribution in [3.8, 4) is 5.75 Å². The molecule has 0 N–H and O–H groups in total. The second-order valence-corrected chi connectivity index (χ2v) is 6.03.